The van der Waals surface area contributed by atoms with Gasteiger partial charge in [0.2, 0.25) is 11.8 Å². The number of amides is 2. The van der Waals surface area contributed by atoms with E-state index < -0.39 is 0 Å². The van der Waals surface area contributed by atoms with Gasteiger partial charge in [-0.1, -0.05) is 32.6 Å². The summed E-state index contributed by atoms with van der Waals surface area (Å²) in [6.07, 6.45) is 7.03. The fraction of sp³-hybridized carbons (Fsp3) is 0.882. The molecular formula is C17H31N3O2. The highest BCUT2D eigenvalue weighted by Gasteiger charge is 2.27. The van der Waals surface area contributed by atoms with E-state index >= 15 is 0 Å². The van der Waals surface area contributed by atoms with E-state index in [1.807, 2.05) is 23.8 Å². The van der Waals surface area contributed by atoms with E-state index in [2.05, 4.69) is 5.32 Å². The summed E-state index contributed by atoms with van der Waals surface area (Å²) in [4.78, 5) is 28.4. The minimum Gasteiger partial charge on any atom is -0.339 e. The van der Waals surface area contributed by atoms with Crippen LogP contribution in [0.4, 0.5) is 0 Å². The molecule has 1 atom stereocenters. The van der Waals surface area contributed by atoms with Gasteiger partial charge in [-0.15, -0.1) is 0 Å². The molecule has 1 N–H and O–H groups in total. The molecule has 0 aromatic carbocycles. The highest BCUT2D eigenvalue weighted by atomic mass is 16.2. The molecule has 1 aliphatic heterocycles. The van der Waals surface area contributed by atoms with E-state index in [9.17, 15) is 9.59 Å². The van der Waals surface area contributed by atoms with Crippen LogP contribution in [0.25, 0.3) is 0 Å². The fourth-order valence-corrected chi connectivity index (χ4v) is 3.67. The summed E-state index contributed by atoms with van der Waals surface area (Å²) in [6, 6.07) is 0. The van der Waals surface area contributed by atoms with Crippen LogP contribution in [0.3, 0.4) is 0 Å². The van der Waals surface area contributed by atoms with Crippen LogP contribution in [0.1, 0.15) is 45.4 Å². The Balaban J connectivity index is 1.69. The molecule has 1 aliphatic carbocycles. The molecule has 1 saturated carbocycles. The van der Waals surface area contributed by atoms with Crippen molar-refractivity contribution in [3.8, 4) is 0 Å². The highest BCUT2D eigenvalue weighted by molar-refractivity contribution is 5.80. The minimum absolute atomic E-state index is 0.00891. The van der Waals surface area contributed by atoms with Crippen molar-refractivity contribution in [3.05, 3.63) is 0 Å². The lowest BCUT2D eigenvalue weighted by Crippen LogP contribution is -2.52. The van der Waals surface area contributed by atoms with E-state index in [-0.39, 0.29) is 17.7 Å². The SMILES string of the molecule is CNCC(C)C(=O)N1CCN(C(=O)CCC2CCCC2)CC1. The van der Waals surface area contributed by atoms with Gasteiger partial charge in [0.05, 0.1) is 0 Å². The molecule has 2 fully saturated rings. The molecular weight excluding hydrogens is 278 g/mol. The molecule has 0 aromatic rings. The molecule has 0 radical (unpaired) electrons. The van der Waals surface area contributed by atoms with Crippen molar-refractivity contribution < 1.29 is 9.59 Å². The average molecular weight is 309 g/mol. The van der Waals surface area contributed by atoms with Crippen molar-refractivity contribution in [1.29, 1.82) is 0 Å². The van der Waals surface area contributed by atoms with Gasteiger partial charge in [-0.25, -0.2) is 0 Å². The molecule has 1 saturated heterocycles. The first-order chi connectivity index (χ1) is 10.6. The highest BCUT2D eigenvalue weighted by Crippen LogP contribution is 2.28. The Kier molecular flexibility index (Phi) is 6.68. The average Bonchev–Trinajstić information content (AvgIpc) is 3.05. The van der Waals surface area contributed by atoms with Crippen LogP contribution in [0.5, 0.6) is 0 Å². The summed E-state index contributed by atoms with van der Waals surface area (Å²) < 4.78 is 0. The summed E-state index contributed by atoms with van der Waals surface area (Å²) in [5, 5.41) is 3.05. The predicted molar refractivity (Wildman–Crippen MR) is 87.4 cm³/mol. The Morgan fingerprint density at radius 3 is 2.27 bits per heavy atom. The number of nitrogens with zero attached hydrogens (tertiary/aromatic N) is 2. The maximum Gasteiger partial charge on any atom is 0.226 e. The van der Waals surface area contributed by atoms with Gasteiger partial charge >= 0.3 is 0 Å². The van der Waals surface area contributed by atoms with Gasteiger partial charge in [0.15, 0.2) is 0 Å². The maximum absolute atomic E-state index is 12.3. The first-order valence-electron chi connectivity index (χ1n) is 8.83. The number of hydrogen-bond donors (Lipinski definition) is 1. The van der Waals surface area contributed by atoms with E-state index in [1.54, 1.807) is 0 Å². The standard InChI is InChI=1S/C17H31N3O2/c1-14(13-18-2)17(22)20-11-9-19(10-12-20)16(21)8-7-15-5-3-4-6-15/h14-15,18H,3-13H2,1-2H3. The number of piperazine rings is 1. The van der Waals surface area contributed by atoms with Gasteiger partial charge in [-0.3, -0.25) is 9.59 Å². The van der Waals surface area contributed by atoms with Gasteiger partial charge in [0, 0.05) is 45.1 Å². The lowest BCUT2D eigenvalue weighted by Gasteiger charge is -2.36. The zero-order chi connectivity index (χ0) is 15.9. The summed E-state index contributed by atoms with van der Waals surface area (Å²) in [7, 11) is 1.87. The molecule has 0 aromatic heterocycles. The summed E-state index contributed by atoms with van der Waals surface area (Å²) in [6.45, 7) is 5.42. The zero-order valence-electron chi connectivity index (χ0n) is 14.1. The van der Waals surface area contributed by atoms with Crippen LogP contribution in [-0.2, 0) is 9.59 Å². The molecule has 1 heterocycles. The van der Waals surface area contributed by atoms with Gasteiger partial charge in [-0.05, 0) is 19.4 Å². The third-order valence-electron chi connectivity index (χ3n) is 5.12. The second-order valence-electron chi connectivity index (χ2n) is 6.85. The second kappa shape index (κ2) is 8.51. The van der Waals surface area contributed by atoms with Crippen molar-refractivity contribution in [2.45, 2.75) is 45.4 Å². The Morgan fingerprint density at radius 1 is 1.09 bits per heavy atom. The first-order valence-corrected chi connectivity index (χ1v) is 8.83. The zero-order valence-corrected chi connectivity index (χ0v) is 14.1. The number of hydrogen-bond acceptors (Lipinski definition) is 3. The van der Waals surface area contributed by atoms with E-state index in [0.717, 1.165) is 12.3 Å². The third-order valence-corrected chi connectivity index (χ3v) is 5.12. The molecule has 5 nitrogen and oxygen atoms in total. The van der Waals surface area contributed by atoms with Crippen LogP contribution in [0.15, 0.2) is 0 Å². The Hall–Kier alpha value is -1.10. The molecule has 1 unspecified atom stereocenters. The Labute approximate surface area is 134 Å². The van der Waals surface area contributed by atoms with Crippen LogP contribution in [0, 0.1) is 11.8 Å². The normalized spacial score (nSPS) is 21.2. The summed E-state index contributed by atoms with van der Waals surface area (Å²) >= 11 is 0. The van der Waals surface area contributed by atoms with Crippen molar-refractivity contribution in [3.63, 3.8) is 0 Å². The number of rotatable bonds is 6. The quantitative estimate of drug-likeness (QED) is 0.808. The van der Waals surface area contributed by atoms with E-state index in [0.29, 0.717) is 39.1 Å². The first kappa shape index (κ1) is 17.3. The number of carbonyl (C=O) groups excluding carboxylic acids is 2. The van der Waals surface area contributed by atoms with Gasteiger partial charge < -0.3 is 15.1 Å². The number of carbonyl (C=O) groups is 2. The molecule has 126 valence electrons. The van der Waals surface area contributed by atoms with Gasteiger partial charge in [0.25, 0.3) is 0 Å². The fourth-order valence-electron chi connectivity index (χ4n) is 3.67. The molecule has 2 amide bonds. The van der Waals surface area contributed by atoms with Crippen LogP contribution >= 0.6 is 0 Å². The van der Waals surface area contributed by atoms with Crippen molar-refractivity contribution in [1.82, 2.24) is 15.1 Å². The Bertz CT molecular complexity index is 372. The topological polar surface area (TPSA) is 52.7 Å². The third kappa shape index (κ3) is 4.70. The molecule has 5 heteroatoms. The van der Waals surface area contributed by atoms with Crippen molar-refractivity contribution in [2.75, 3.05) is 39.8 Å². The Morgan fingerprint density at radius 2 is 1.68 bits per heavy atom. The molecule has 22 heavy (non-hydrogen) atoms. The largest absolute Gasteiger partial charge is 0.339 e. The lowest BCUT2D eigenvalue weighted by atomic mass is 10.0. The van der Waals surface area contributed by atoms with Crippen LogP contribution in [0.2, 0.25) is 0 Å². The van der Waals surface area contributed by atoms with E-state index in [4.69, 9.17) is 0 Å². The van der Waals surface area contributed by atoms with Crippen molar-refractivity contribution in [2.24, 2.45) is 11.8 Å². The maximum atomic E-state index is 12.3. The monoisotopic (exact) mass is 309 g/mol. The second-order valence-corrected chi connectivity index (χ2v) is 6.85. The summed E-state index contributed by atoms with van der Waals surface area (Å²) in [5.74, 6) is 1.26. The lowest BCUT2D eigenvalue weighted by molar-refractivity contribution is -0.141. The molecule has 2 rings (SSSR count). The van der Waals surface area contributed by atoms with E-state index in [1.165, 1.54) is 25.7 Å². The summed E-state index contributed by atoms with van der Waals surface area (Å²) in [5.41, 5.74) is 0. The predicted octanol–water partition coefficient (Wildman–Crippen LogP) is 1.48. The molecule has 0 bridgehead atoms. The van der Waals surface area contributed by atoms with Crippen LogP contribution in [-0.4, -0.2) is 61.4 Å². The molecule has 0 spiro atoms. The molecule has 2 aliphatic rings. The van der Waals surface area contributed by atoms with Crippen LogP contribution < -0.4 is 5.32 Å². The van der Waals surface area contributed by atoms with Gasteiger partial charge in [0.1, 0.15) is 0 Å². The smallest absolute Gasteiger partial charge is 0.226 e. The minimum atomic E-state index is 0.00891. The van der Waals surface area contributed by atoms with Gasteiger partial charge in [-0.2, -0.15) is 0 Å². The number of nitrogens with one attached hydrogen (secondary N) is 1. The van der Waals surface area contributed by atoms with Crippen molar-refractivity contribution >= 4 is 11.8 Å².